The Kier molecular flexibility index (Phi) is 8.66. The molecular weight excluding hydrogens is 605 g/mol. The number of benzene rings is 2. The molecule has 262 valence electrons. The fraction of sp³-hybridized carbons (Fsp3) is 0.583. The van der Waals surface area contributed by atoms with Crippen LogP contribution in [-0.4, -0.2) is 8.07 Å². The summed E-state index contributed by atoms with van der Waals surface area (Å²) in [7, 11) is -1.79. The Labute approximate surface area is 301 Å². The third kappa shape index (κ3) is 5.87. The van der Waals surface area contributed by atoms with Crippen LogP contribution in [0.4, 0.5) is 0 Å². The third-order valence-electron chi connectivity index (χ3n) is 14.2. The zero-order chi connectivity index (χ0) is 35.4. The Balaban J connectivity index is 1.29. The number of rotatable bonds is 4. The minimum Gasteiger partial charge on any atom is -0.0773 e. The minimum atomic E-state index is -1.79. The predicted molar refractivity (Wildman–Crippen MR) is 217 cm³/mol. The van der Waals surface area contributed by atoms with Gasteiger partial charge >= 0.3 is 0 Å². The van der Waals surface area contributed by atoms with Crippen molar-refractivity contribution >= 4 is 19.2 Å². The van der Waals surface area contributed by atoms with Crippen LogP contribution >= 0.6 is 0 Å². The van der Waals surface area contributed by atoms with Crippen LogP contribution in [0.2, 0.25) is 24.2 Å². The molecule has 1 heteroatoms. The van der Waals surface area contributed by atoms with Gasteiger partial charge in [0.25, 0.3) is 0 Å². The average molecular weight is 671 g/mol. The molecule has 0 spiro atoms. The first-order valence-electron chi connectivity index (χ1n) is 19.9. The molecule has 0 bridgehead atoms. The molecular formula is C48H66Si. The van der Waals surface area contributed by atoms with Crippen molar-refractivity contribution in [3.05, 3.63) is 105 Å². The van der Waals surface area contributed by atoms with Crippen molar-refractivity contribution in [2.75, 3.05) is 0 Å². The molecule has 3 saturated carbocycles. The van der Waals surface area contributed by atoms with Crippen LogP contribution in [0.15, 0.2) is 76.9 Å². The van der Waals surface area contributed by atoms with Gasteiger partial charge in [0.1, 0.15) is 0 Å². The molecule has 0 saturated heterocycles. The first-order chi connectivity index (χ1) is 22.9. The lowest BCUT2D eigenvalue weighted by molar-refractivity contribution is 0.464. The second-order valence-electron chi connectivity index (χ2n) is 20.2. The smallest absolute Gasteiger partial charge is 0.0553 e. The van der Waals surface area contributed by atoms with Gasteiger partial charge in [0, 0.05) is 0 Å². The number of hydrogen-bond acceptors (Lipinski definition) is 0. The standard InChI is InChI=1S/C48H66Si/c1-28-21-29(2)23-35(22-28)43-32(5)42(48(9,10)11)27-41-38(43)24-30(3)46(41)49(12,13)45-31(4)25-39-40(45)26-34-15-14-16-37(34)44(39)33-17-19-36(20-18-33)47(6,7)8/h17-23,26-27,30-31,38-41,45-46H,14-16,24-25H2,1-13H3. The summed E-state index contributed by atoms with van der Waals surface area (Å²) in [4.78, 5) is 0. The summed E-state index contributed by atoms with van der Waals surface area (Å²) in [6.07, 6.45) is 12.3. The number of fused-ring (bicyclic) bond motifs is 3. The van der Waals surface area contributed by atoms with Crippen molar-refractivity contribution in [1.29, 1.82) is 0 Å². The Morgan fingerprint density at radius 3 is 1.73 bits per heavy atom. The maximum absolute atomic E-state index is 2.88. The van der Waals surface area contributed by atoms with Gasteiger partial charge in [-0.2, -0.15) is 0 Å². The van der Waals surface area contributed by atoms with E-state index in [1.807, 2.05) is 0 Å². The molecule has 49 heavy (non-hydrogen) atoms. The van der Waals surface area contributed by atoms with Crippen LogP contribution in [0.25, 0.3) is 11.1 Å². The van der Waals surface area contributed by atoms with Crippen molar-refractivity contribution in [1.82, 2.24) is 0 Å². The van der Waals surface area contributed by atoms with Gasteiger partial charge in [0.05, 0.1) is 8.07 Å². The van der Waals surface area contributed by atoms with Gasteiger partial charge in [-0.15, -0.1) is 0 Å². The van der Waals surface area contributed by atoms with Crippen molar-refractivity contribution in [2.24, 2.45) is 40.9 Å². The molecule has 0 amide bonds. The molecule has 0 N–H and O–H groups in total. The highest BCUT2D eigenvalue weighted by atomic mass is 28.3. The van der Waals surface area contributed by atoms with E-state index in [-0.39, 0.29) is 10.8 Å². The number of hydrogen-bond donors (Lipinski definition) is 0. The van der Waals surface area contributed by atoms with Crippen LogP contribution in [0, 0.1) is 54.8 Å². The van der Waals surface area contributed by atoms with Gasteiger partial charge in [0.2, 0.25) is 0 Å². The quantitative estimate of drug-likeness (QED) is 0.284. The Bertz CT molecular complexity index is 1740. The molecule has 8 atom stereocenters. The Morgan fingerprint density at radius 1 is 0.633 bits per heavy atom. The van der Waals surface area contributed by atoms with E-state index in [0.717, 1.165) is 22.9 Å². The average Bonchev–Trinajstić information content (AvgIpc) is 3.68. The van der Waals surface area contributed by atoms with Crippen molar-refractivity contribution in [3.63, 3.8) is 0 Å². The lowest BCUT2D eigenvalue weighted by Crippen LogP contribution is -2.46. The normalized spacial score (nSPS) is 31.9. The summed E-state index contributed by atoms with van der Waals surface area (Å²) in [6, 6.07) is 17.2. The fourth-order valence-electron chi connectivity index (χ4n) is 12.8. The van der Waals surface area contributed by atoms with Crippen LogP contribution in [-0.2, 0) is 5.41 Å². The van der Waals surface area contributed by atoms with Gasteiger partial charge in [-0.25, -0.2) is 0 Å². The highest BCUT2D eigenvalue weighted by Gasteiger charge is 2.59. The molecule has 8 unspecified atom stereocenters. The van der Waals surface area contributed by atoms with E-state index in [9.17, 15) is 0 Å². The van der Waals surface area contributed by atoms with E-state index in [4.69, 9.17) is 0 Å². The van der Waals surface area contributed by atoms with Gasteiger partial charge in [-0.1, -0.05) is 134 Å². The largest absolute Gasteiger partial charge is 0.0773 e. The summed E-state index contributed by atoms with van der Waals surface area (Å²) in [5.74, 6) is 4.18. The SMILES string of the molecule is CC1=C(c2cc(C)cc(C)c2)C2CC(C)C([Si](C)(C)C3C(C)CC4C(c5ccc(C(C)(C)C)cc5)=C5CCCC5=CC43)C2C=C1C(C)(C)C. The molecule has 2 aromatic carbocycles. The summed E-state index contributed by atoms with van der Waals surface area (Å²) in [5.41, 5.74) is 19.3. The highest BCUT2D eigenvalue weighted by Crippen LogP contribution is 2.67. The minimum absolute atomic E-state index is 0.141. The molecule has 5 aliphatic rings. The Hall–Kier alpha value is -2.38. The first kappa shape index (κ1) is 35.0. The first-order valence-corrected chi connectivity index (χ1v) is 23.1. The fourth-order valence-corrected chi connectivity index (χ4v) is 19.1. The van der Waals surface area contributed by atoms with E-state index >= 15 is 0 Å². The molecule has 0 heterocycles. The van der Waals surface area contributed by atoms with Gasteiger partial charge in [-0.05, 0) is 160 Å². The molecule has 7 rings (SSSR count). The van der Waals surface area contributed by atoms with E-state index < -0.39 is 8.07 Å². The highest BCUT2D eigenvalue weighted by molar-refractivity contribution is 6.80. The second kappa shape index (κ2) is 12.1. The maximum Gasteiger partial charge on any atom is 0.0553 e. The zero-order valence-electron chi connectivity index (χ0n) is 33.4. The number of allylic oxidation sites excluding steroid dienone is 8. The summed E-state index contributed by atoms with van der Waals surface area (Å²) in [6.45, 7) is 32.5. The van der Waals surface area contributed by atoms with Crippen LogP contribution in [0.3, 0.4) is 0 Å². The Morgan fingerprint density at radius 2 is 1.18 bits per heavy atom. The summed E-state index contributed by atoms with van der Waals surface area (Å²) in [5, 5.41) is 0. The molecule has 0 aliphatic heterocycles. The molecule has 0 aromatic heterocycles. The molecule has 2 aromatic rings. The van der Waals surface area contributed by atoms with Crippen LogP contribution in [0.5, 0.6) is 0 Å². The predicted octanol–water partition coefficient (Wildman–Crippen LogP) is 13.9. The number of aryl methyl sites for hydroxylation is 2. The van der Waals surface area contributed by atoms with E-state index in [1.54, 1.807) is 33.4 Å². The monoisotopic (exact) mass is 670 g/mol. The molecule has 3 fully saturated rings. The zero-order valence-corrected chi connectivity index (χ0v) is 34.4. The van der Waals surface area contributed by atoms with Gasteiger partial charge in [0.15, 0.2) is 0 Å². The topological polar surface area (TPSA) is 0 Å². The third-order valence-corrected chi connectivity index (χ3v) is 19.6. The molecule has 5 aliphatic carbocycles. The molecule has 0 radical (unpaired) electrons. The summed E-state index contributed by atoms with van der Waals surface area (Å²) < 4.78 is 0. The lowest BCUT2D eigenvalue weighted by atomic mass is 9.69. The summed E-state index contributed by atoms with van der Waals surface area (Å²) >= 11 is 0. The maximum atomic E-state index is 2.88. The lowest BCUT2D eigenvalue weighted by Gasteiger charge is -2.47. The van der Waals surface area contributed by atoms with E-state index in [2.05, 4.69) is 144 Å². The van der Waals surface area contributed by atoms with Gasteiger partial charge < -0.3 is 0 Å². The molecule has 0 nitrogen and oxygen atoms in total. The van der Waals surface area contributed by atoms with Crippen molar-refractivity contribution in [2.45, 2.75) is 138 Å². The van der Waals surface area contributed by atoms with Gasteiger partial charge in [-0.3, -0.25) is 0 Å². The van der Waals surface area contributed by atoms with E-state index in [0.29, 0.717) is 23.7 Å². The van der Waals surface area contributed by atoms with Crippen LogP contribution < -0.4 is 0 Å². The van der Waals surface area contributed by atoms with Crippen molar-refractivity contribution < 1.29 is 0 Å². The van der Waals surface area contributed by atoms with Crippen LogP contribution in [0.1, 0.15) is 122 Å². The second-order valence-corrected chi connectivity index (χ2v) is 25.2. The van der Waals surface area contributed by atoms with E-state index in [1.165, 1.54) is 59.9 Å². The van der Waals surface area contributed by atoms with Crippen molar-refractivity contribution in [3.8, 4) is 0 Å².